The van der Waals surface area contributed by atoms with Crippen LogP contribution in [0.2, 0.25) is 0 Å². The van der Waals surface area contributed by atoms with Gasteiger partial charge in [0.25, 0.3) is 5.56 Å². The van der Waals surface area contributed by atoms with Gasteiger partial charge in [0.15, 0.2) is 0 Å². The molecule has 3 heterocycles. The van der Waals surface area contributed by atoms with Gasteiger partial charge in [0.1, 0.15) is 0 Å². The number of alkyl halides is 3. The summed E-state index contributed by atoms with van der Waals surface area (Å²) in [5.74, 6) is 0.187. The van der Waals surface area contributed by atoms with E-state index in [1.165, 1.54) is 0 Å². The predicted molar refractivity (Wildman–Crippen MR) is 161 cm³/mol. The number of piperazine rings is 1. The topological polar surface area (TPSA) is 107 Å². The molecule has 2 N–H and O–H groups in total. The van der Waals surface area contributed by atoms with Gasteiger partial charge in [0.05, 0.1) is 16.6 Å². The minimum atomic E-state index is -4.48. The summed E-state index contributed by atoms with van der Waals surface area (Å²) in [6.07, 6.45) is -2.67. The van der Waals surface area contributed by atoms with Crippen molar-refractivity contribution in [1.82, 2.24) is 30.4 Å². The molecule has 41 heavy (non-hydrogen) atoms. The third kappa shape index (κ3) is 10.4. The monoisotopic (exact) mass is 643 g/mol. The number of aromatic amines is 1. The van der Waals surface area contributed by atoms with Crippen LogP contribution >= 0.6 is 15.9 Å². The maximum Gasteiger partial charge on any atom is 0.419 e. The molecule has 1 atom stereocenters. The molecule has 3 aromatic rings. The molecule has 0 spiro atoms. The van der Waals surface area contributed by atoms with E-state index in [9.17, 15) is 22.8 Å². The van der Waals surface area contributed by atoms with Gasteiger partial charge in [-0.05, 0) is 25.1 Å². The van der Waals surface area contributed by atoms with Gasteiger partial charge in [-0.25, -0.2) is 15.1 Å². The Morgan fingerprint density at radius 1 is 1.02 bits per heavy atom. The average molecular weight is 645 g/mol. The predicted octanol–water partition coefficient (Wildman–Crippen LogP) is 5.79. The quantitative estimate of drug-likeness (QED) is 0.350. The van der Waals surface area contributed by atoms with E-state index in [1.807, 2.05) is 54.5 Å². The lowest BCUT2D eigenvalue weighted by molar-refractivity contribution is -0.138. The van der Waals surface area contributed by atoms with Crippen LogP contribution in [-0.4, -0.2) is 63.2 Å². The van der Waals surface area contributed by atoms with E-state index in [-0.39, 0.29) is 29.9 Å². The molecule has 9 nitrogen and oxygen atoms in total. The van der Waals surface area contributed by atoms with Crippen LogP contribution in [0.3, 0.4) is 0 Å². The van der Waals surface area contributed by atoms with Gasteiger partial charge in [-0.3, -0.25) is 9.59 Å². The van der Waals surface area contributed by atoms with Crippen LogP contribution in [0.4, 0.5) is 19.1 Å². The van der Waals surface area contributed by atoms with Crippen molar-refractivity contribution in [3.63, 3.8) is 0 Å². The van der Waals surface area contributed by atoms with Crippen LogP contribution in [-0.2, 0) is 17.5 Å². The van der Waals surface area contributed by atoms with Crippen molar-refractivity contribution < 1.29 is 18.0 Å². The highest BCUT2D eigenvalue weighted by atomic mass is 79.9. The number of rotatable bonds is 6. The fourth-order valence-corrected chi connectivity index (χ4v) is 4.21. The fourth-order valence-electron chi connectivity index (χ4n) is 3.85. The van der Waals surface area contributed by atoms with Crippen molar-refractivity contribution in [2.24, 2.45) is 0 Å². The lowest BCUT2D eigenvalue weighted by atomic mass is 10.1. The molecule has 1 aromatic carbocycles. The Morgan fingerprint density at radius 3 is 2.17 bits per heavy atom. The van der Waals surface area contributed by atoms with E-state index in [1.54, 1.807) is 21.9 Å². The molecule has 1 saturated heterocycles. The number of benzene rings is 1. The molecule has 1 amide bonds. The Balaban J connectivity index is 0.00000131. The Bertz CT molecular complexity index is 1260. The zero-order valence-electron chi connectivity index (χ0n) is 24.8. The van der Waals surface area contributed by atoms with E-state index in [2.05, 4.69) is 41.4 Å². The molecule has 1 aliphatic heterocycles. The summed E-state index contributed by atoms with van der Waals surface area (Å²) >= 11 is 3.41. The molecule has 228 valence electrons. The number of fused-ring (bicyclic) bond motifs is 1. The van der Waals surface area contributed by atoms with Crippen LogP contribution in [0.25, 0.3) is 10.8 Å². The normalized spacial score (nSPS) is 13.6. The maximum absolute atomic E-state index is 12.8. The standard InChI is InChI=1S/C22H23BrF3N7O2.3C2H6/c1-13(27-12-18-17-9-15(23)2-3-16(17)20(35)31-30-18)8-19(34)32-4-6-33(7-5-32)21-28-10-14(11-29-21)22(24,25)26;3*1-2/h2-3,9-11,13,27H,4-8,12H2,1H3,(H,31,35);3*1-2H3. The first kappa shape index (κ1) is 36.0. The third-order valence-electron chi connectivity index (χ3n) is 5.81. The minimum absolute atomic E-state index is 0.0278. The number of hydrogen-bond donors (Lipinski definition) is 2. The second-order valence-electron chi connectivity index (χ2n) is 8.31. The minimum Gasteiger partial charge on any atom is -0.339 e. The van der Waals surface area contributed by atoms with Crippen molar-refractivity contribution in [3.8, 4) is 0 Å². The first-order valence-corrected chi connectivity index (χ1v) is 14.7. The molecular formula is C28H41BrF3N7O2. The molecule has 2 aromatic heterocycles. The first-order valence-electron chi connectivity index (χ1n) is 13.9. The lowest BCUT2D eigenvalue weighted by Gasteiger charge is -2.35. The van der Waals surface area contributed by atoms with Crippen molar-refractivity contribution in [2.45, 2.75) is 73.6 Å². The van der Waals surface area contributed by atoms with Gasteiger partial charge in [0.2, 0.25) is 11.9 Å². The molecule has 0 aliphatic carbocycles. The Labute approximate surface area is 248 Å². The number of hydrogen-bond acceptors (Lipinski definition) is 7. The Kier molecular flexibility index (Phi) is 15.5. The fraction of sp³-hybridized carbons (Fsp3) is 0.536. The van der Waals surface area contributed by atoms with E-state index in [0.29, 0.717) is 43.8 Å². The summed E-state index contributed by atoms with van der Waals surface area (Å²) in [4.78, 5) is 35.9. The third-order valence-corrected chi connectivity index (χ3v) is 6.30. The SMILES string of the molecule is CC.CC.CC.CC(CC(=O)N1CCN(c2ncc(C(F)(F)F)cn2)CC1)NCc1n[nH]c(=O)c2ccc(Br)cc12. The average Bonchev–Trinajstić information content (AvgIpc) is 2.99. The molecule has 0 bridgehead atoms. The van der Waals surface area contributed by atoms with E-state index in [0.717, 1.165) is 22.3 Å². The number of halogens is 4. The summed E-state index contributed by atoms with van der Waals surface area (Å²) < 4.78 is 38.9. The second-order valence-corrected chi connectivity index (χ2v) is 9.23. The molecule has 4 rings (SSSR count). The maximum atomic E-state index is 12.8. The van der Waals surface area contributed by atoms with Gasteiger partial charge in [-0.15, -0.1) is 0 Å². The van der Waals surface area contributed by atoms with Gasteiger partial charge in [-0.1, -0.05) is 57.5 Å². The summed E-state index contributed by atoms with van der Waals surface area (Å²) in [5, 5.41) is 11.2. The number of aromatic nitrogens is 4. The number of anilines is 1. The highest BCUT2D eigenvalue weighted by molar-refractivity contribution is 9.10. The summed E-state index contributed by atoms with van der Waals surface area (Å²) in [7, 11) is 0. The summed E-state index contributed by atoms with van der Waals surface area (Å²) in [5.41, 5.74) is -0.486. The summed E-state index contributed by atoms with van der Waals surface area (Å²) in [6.45, 7) is 16.0. The van der Waals surface area contributed by atoms with Crippen LogP contribution in [0.1, 0.15) is 66.1 Å². The van der Waals surface area contributed by atoms with E-state index < -0.39 is 11.7 Å². The zero-order chi connectivity index (χ0) is 31.2. The van der Waals surface area contributed by atoms with Crippen LogP contribution in [0.5, 0.6) is 0 Å². The molecule has 1 unspecified atom stereocenters. The molecule has 13 heteroatoms. The highest BCUT2D eigenvalue weighted by Gasteiger charge is 2.32. The molecular weight excluding hydrogens is 603 g/mol. The molecule has 1 fully saturated rings. The van der Waals surface area contributed by atoms with Crippen molar-refractivity contribution >= 4 is 38.6 Å². The van der Waals surface area contributed by atoms with Crippen LogP contribution in [0, 0.1) is 0 Å². The number of amides is 1. The van der Waals surface area contributed by atoms with E-state index in [4.69, 9.17) is 0 Å². The molecule has 1 aliphatic rings. The van der Waals surface area contributed by atoms with Gasteiger partial charge < -0.3 is 15.1 Å². The number of carbonyl (C=O) groups excluding carboxylic acids is 1. The first-order chi connectivity index (χ1) is 19.6. The van der Waals surface area contributed by atoms with Crippen LogP contribution < -0.4 is 15.8 Å². The van der Waals surface area contributed by atoms with Crippen molar-refractivity contribution in [1.29, 1.82) is 0 Å². The van der Waals surface area contributed by atoms with Gasteiger partial charge >= 0.3 is 6.18 Å². The lowest BCUT2D eigenvalue weighted by Crippen LogP contribution is -2.50. The number of H-pyrrole nitrogens is 1. The Hall–Kier alpha value is -3.06. The second kappa shape index (κ2) is 17.7. The smallest absolute Gasteiger partial charge is 0.339 e. The Morgan fingerprint density at radius 2 is 1.61 bits per heavy atom. The zero-order valence-corrected chi connectivity index (χ0v) is 26.4. The molecule has 0 radical (unpaired) electrons. The summed E-state index contributed by atoms with van der Waals surface area (Å²) in [6, 6.07) is 5.21. The van der Waals surface area contributed by atoms with E-state index >= 15 is 0 Å². The largest absolute Gasteiger partial charge is 0.419 e. The van der Waals surface area contributed by atoms with Gasteiger partial charge in [0, 0.05) is 67.4 Å². The highest BCUT2D eigenvalue weighted by Crippen LogP contribution is 2.28. The number of nitrogens with one attached hydrogen (secondary N) is 2. The van der Waals surface area contributed by atoms with Crippen molar-refractivity contribution in [3.05, 3.63) is 56.7 Å². The van der Waals surface area contributed by atoms with Crippen molar-refractivity contribution in [2.75, 3.05) is 31.1 Å². The number of carbonyl (C=O) groups is 1. The van der Waals surface area contributed by atoms with Crippen LogP contribution in [0.15, 0.2) is 39.9 Å². The molecule has 0 saturated carbocycles. The number of nitrogens with zero attached hydrogens (tertiary/aromatic N) is 5. The van der Waals surface area contributed by atoms with Gasteiger partial charge in [-0.2, -0.15) is 18.3 Å².